The third-order valence-corrected chi connectivity index (χ3v) is 3.49. The average molecular weight is 359 g/mol. The number of ether oxygens (including phenoxy) is 1. The molecule has 0 bridgehead atoms. The van der Waals surface area contributed by atoms with E-state index in [0.29, 0.717) is 36.9 Å². The average Bonchev–Trinajstić information content (AvgIpc) is 2.47. The number of amides is 1. The molecule has 1 aliphatic rings. The van der Waals surface area contributed by atoms with Crippen LogP contribution in [0.15, 0.2) is 18.2 Å². The maximum absolute atomic E-state index is 13.9. The largest absolute Gasteiger partial charge is 0.444 e. The Kier molecular flexibility index (Phi) is 7.19. The van der Waals surface area contributed by atoms with Crippen molar-refractivity contribution in [2.45, 2.75) is 26.4 Å². The molecule has 1 aromatic carbocycles. The number of nitrogens with zero attached hydrogens (tertiary/aromatic N) is 2. The van der Waals surface area contributed by atoms with E-state index in [0.717, 1.165) is 0 Å². The third-order valence-electron chi connectivity index (χ3n) is 3.19. The van der Waals surface area contributed by atoms with E-state index in [1.165, 1.54) is 6.07 Å². The number of carbonyl (C=O) groups is 1. The second kappa shape index (κ2) is 8.66. The summed E-state index contributed by atoms with van der Waals surface area (Å²) in [7, 11) is 0. The minimum atomic E-state index is -0.511. The van der Waals surface area contributed by atoms with E-state index in [2.05, 4.69) is 0 Å². The highest BCUT2D eigenvalue weighted by Gasteiger charge is 2.27. The zero-order chi connectivity index (χ0) is 18.3. The standard InChI is InChI=1S/C15H20ClFN2O2.CO2/c1-15(2,3)21-14(20)19-9-7-18(8-10-19)13-11(16)5-4-6-12(13)17;2-1-3/h4-6H,7-10H2,1-3H3;. The van der Waals surface area contributed by atoms with E-state index >= 15 is 0 Å². The zero-order valence-corrected chi connectivity index (χ0v) is 14.6. The molecule has 1 amide bonds. The van der Waals surface area contributed by atoms with Crippen molar-refractivity contribution in [2.75, 3.05) is 31.1 Å². The Bertz CT molecular complexity index is 584. The summed E-state index contributed by atoms with van der Waals surface area (Å²) in [6.07, 6.45) is -0.0817. The topological polar surface area (TPSA) is 66.9 Å². The van der Waals surface area contributed by atoms with Crippen molar-refractivity contribution in [2.24, 2.45) is 0 Å². The van der Waals surface area contributed by atoms with Gasteiger partial charge in [-0.3, -0.25) is 0 Å². The Labute approximate surface area is 145 Å². The molecule has 1 saturated heterocycles. The molecule has 132 valence electrons. The summed E-state index contributed by atoms with van der Waals surface area (Å²) in [5.74, 6) is -0.340. The van der Waals surface area contributed by atoms with Crippen LogP contribution in [0, 0.1) is 5.82 Å². The van der Waals surface area contributed by atoms with Crippen LogP contribution in [0.1, 0.15) is 20.8 Å². The molecule has 1 fully saturated rings. The normalized spacial score (nSPS) is 14.4. The number of para-hydroxylation sites is 1. The number of hydrogen-bond acceptors (Lipinski definition) is 5. The van der Waals surface area contributed by atoms with Gasteiger partial charge < -0.3 is 14.5 Å². The number of carbonyl (C=O) groups excluding carboxylic acids is 3. The minimum absolute atomic E-state index is 0.250. The predicted octanol–water partition coefficient (Wildman–Crippen LogP) is 2.95. The SMILES string of the molecule is CC(C)(C)OC(=O)N1CCN(c2c(F)cccc2Cl)CC1.O=C=O. The van der Waals surface area contributed by atoms with Crippen molar-refractivity contribution < 1.29 is 23.5 Å². The van der Waals surface area contributed by atoms with Crippen LogP contribution in [0.25, 0.3) is 0 Å². The van der Waals surface area contributed by atoms with E-state index in [1.807, 2.05) is 25.7 Å². The van der Waals surface area contributed by atoms with Crippen molar-refractivity contribution in [3.63, 3.8) is 0 Å². The molecule has 0 spiro atoms. The smallest absolute Gasteiger partial charge is 0.410 e. The highest BCUT2D eigenvalue weighted by molar-refractivity contribution is 6.33. The Morgan fingerprint density at radius 1 is 1.21 bits per heavy atom. The fourth-order valence-corrected chi connectivity index (χ4v) is 2.51. The van der Waals surface area contributed by atoms with Crippen LogP contribution in [0.3, 0.4) is 0 Å². The Morgan fingerprint density at radius 2 is 1.75 bits per heavy atom. The van der Waals surface area contributed by atoms with Crippen molar-refractivity contribution >= 4 is 29.5 Å². The lowest BCUT2D eigenvalue weighted by Crippen LogP contribution is -2.50. The molecule has 2 rings (SSSR count). The second-order valence-electron chi connectivity index (χ2n) is 6.11. The molecule has 8 heteroatoms. The van der Waals surface area contributed by atoms with Gasteiger partial charge in [0.15, 0.2) is 0 Å². The van der Waals surface area contributed by atoms with Gasteiger partial charge in [-0.1, -0.05) is 17.7 Å². The van der Waals surface area contributed by atoms with Gasteiger partial charge in [-0.25, -0.2) is 9.18 Å². The second-order valence-corrected chi connectivity index (χ2v) is 6.52. The lowest BCUT2D eigenvalue weighted by atomic mass is 10.2. The molecule has 0 atom stereocenters. The molecule has 0 radical (unpaired) electrons. The number of piperazine rings is 1. The van der Waals surface area contributed by atoms with Gasteiger partial charge in [0.2, 0.25) is 0 Å². The zero-order valence-electron chi connectivity index (χ0n) is 13.8. The molecule has 0 unspecified atom stereocenters. The highest BCUT2D eigenvalue weighted by Crippen LogP contribution is 2.29. The molecule has 0 saturated carbocycles. The molecule has 0 aliphatic carbocycles. The van der Waals surface area contributed by atoms with Crippen LogP contribution < -0.4 is 4.90 Å². The molecule has 6 nitrogen and oxygen atoms in total. The Balaban J connectivity index is 0.000000891. The van der Waals surface area contributed by atoms with E-state index in [-0.39, 0.29) is 18.1 Å². The van der Waals surface area contributed by atoms with E-state index in [9.17, 15) is 9.18 Å². The fraction of sp³-hybridized carbons (Fsp3) is 0.500. The number of benzene rings is 1. The third kappa shape index (κ3) is 5.83. The molecule has 0 aromatic heterocycles. The number of rotatable bonds is 1. The summed E-state index contributed by atoms with van der Waals surface area (Å²) >= 11 is 6.06. The molecular formula is C16H20ClFN2O4. The summed E-state index contributed by atoms with van der Waals surface area (Å²) < 4.78 is 19.2. The maximum atomic E-state index is 13.9. The fourth-order valence-electron chi connectivity index (χ4n) is 2.23. The van der Waals surface area contributed by atoms with Crippen LogP contribution >= 0.6 is 11.6 Å². The quantitative estimate of drug-likeness (QED) is 0.772. The van der Waals surface area contributed by atoms with Crippen molar-refractivity contribution in [3.8, 4) is 0 Å². The molecule has 24 heavy (non-hydrogen) atoms. The van der Waals surface area contributed by atoms with Gasteiger partial charge in [0.25, 0.3) is 0 Å². The Morgan fingerprint density at radius 3 is 2.21 bits per heavy atom. The first-order valence-corrected chi connectivity index (χ1v) is 7.73. The van der Waals surface area contributed by atoms with Gasteiger partial charge in [0.1, 0.15) is 11.4 Å². The molecule has 1 aliphatic heterocycles. The monoisotopic (exact) mass is 358 g/mol. The summed E-state index contributed by atoms with van der Waals surface area (Å²) in [6.45, 7) is 7.53. The minimum Gasteiger partial charge on any atom is -0.444 e. The van der Waals surface area contributed by atoms with Crippen molar-refractivity contribution in [3.05, 3.63) is 29.0 Å². The predicted molar refractivity (Wildman–Crippen MR) is 86.4 cm³/mol. The summed E-state index contributed by atoms with van der Waals surface area (Å²) in [5, 5.41) is 0.390. The highest BCUT2D eigenvalue weighted by atomic mass is 35.5. The van der Waals surface area contributed by atoms with E-state index in [4.69, 9.17) is 25.9 Å². The van der Waals surface area contributed by atoms with Crippen molar-refractivity contribution in [1.82, 2.24) is 4.90 Å². The van der Waals surface area contributed by atoms with Crippen LogP contribution in [0.5, 0.6) is 0 Å². The number of anilines is 1. The maximum Gasteiger partial charge on any atom is 0.410 e. The molecule has 1 aromatic rings. The first-order chi connectivity index (χ1) is 11.2. The van der Waals surface area contributed by atoms with Crippen molar-refractivity contribution in [1.29, 1.82) is 0 Å². The van der Waals surface area contributed by atoms with Gasteiger partial charge in [-0.05, 0) is 32.9 Å². The lowest BCUT2D eigenvalue weighted by Gasteiger charge is -2.37. The van der Waals surface area contributed by atoms with Gasteiger partial charge >= 0.3 is 12.2 Å². The van der Waals surface area contributed by atoms with Crippen LogP contribution in [0.2, 0.25) is 5.02 Å². The van der Waals surface area contributed by atoms with Crippen LogP contribution in [-0.4, -0.2) is 48.9 Å². The molecule has 1 heterocycles. The van der Waals surface area contributed by atoms with Crippen LogP contribution in [0.4, 0.5) is 14.9 Å². The Hall–Kier alpha value is -2.11. The van der Waals surface area contributed by atoms with Gasteiger partial charge in [0, 0.05) is 26.2 Å². The van der Waals surface area contributed by atoms with Gasteiger partial charge in [-0.15, -0.1) is 0 Å². The number of halogens is 2. The summed E-state index contributed by atoms with van der Waals surface area (Å²) in [5.41, 5.74) is -0.105. The summed E-state index contributed by atoms with van der Waals surface area (Å²) in [4.78, 5) is 31.7. The lowest BCUT2D eigenvalue weighted by molar-refractivity contribution is -0.191. The summed E-state index contributed by atoms with van der Waals surface area (Å²) in [6, 6.07) is 4.64. The van der Waals surface area contributed by atoms with E-state index < -0.39 is 5.60 Å². The first kappa shape index (κ1) is 19.9. The van der Waals surface area contributed by atoms with Gasteiger partial charge in [-0.2, -0.15) is 9.59 Å². The number of hydrogen-bond donors (Lipinski definition) is 0. The molecular weight excluding hydrogens is 339 g/mol. The van der Waals surface area contributed by atoms with E-state index in [1.54, 1.807) is 17.0 Å². The van der Waals surface area contributed by atoms with Crippen LogP contribution in [-0.2, 0) is 14.3 Å². The first-order valence-electron chi connectivity index (χ1n) is 7.35. The van der Waals surface area contributed by atoms with Gasteiger partial charge in [0.05, 0.1) is 10.7 Å². The molecule has 0 N–H and O–H groups in total.